The van der Waals surface area contributed by atoms with Gasteiger partial charge in [-0.2, -0.15) is 0 Å². The average molecular weight is 276 g/mol. The van der Waals surface area contributed by atoms with E-state index in [1.807, 2.05) is 0 Å². The summed E-state index contributed by atoms with van der Waals surface area (Å²) in [4.78, 5) is 2.41. The van der Waals surface area contributed by atoms with E-state index in [1.165, 1.54) is 11.1 Å². The van der Waals surface area contributed by atoms with Gasteiger partial charge in [-0.1, -0.05) is 0 Å². The zero-order chi connectivity index (χ0) is 14.3. The van der Waals surface area contributed by atoms with E-state index in [2.05, 4.69) is 24.9 Å². The molecule has 2 heterocycles. The molecule has 0 aromatic heterocycles. The van der Waals surface area contributed by atoms with Gasteiger partial charge in [0.1, 0.15) is 11.5 Å². The van der Waals surface area contributed by atoms with E-state index in [4.69, 9.17) is 15.2 Å². The monoisotopic (exact) mass is 276 g/mol. The van der Waals surface area contributed by atoms with Crippen molar-refractivity contribution in [1.82, 2.24) is 4.90 Å². The lowest BCUT2D eigenvalue weighted by Gasteiger charge is -2.25. The fraction of sp³-hybridized carbons (Fsp3) is 0.625. The normalized spacial score (nSPS) is 25.6. The lowest BCUT2D eigenvalue weighted by molar-refractivity contribution is 0.301. The Morgan fingerprint density at radius 2 is 2.30 bits per heavy atom. The number of fused-ring (bicyclic) bond motifs is 1. The second-order valence-corrected chi connectivity index (χ2v) is 6.01. The molecule has 110 valence electrons. The van der Waals surface area contributed by atoms with Crippen LogP contribution < -0.4 is 15.2 Å². The van der Waals surface area contributed by atoms with E-state index in [0.717, 1.165) is 49.6 Å². The molecule has 0 bridgehead atoms. The molecule has 3 rings (SSSR count). The molecule has 0 saturated carbocycles. The lowest BCUT2D eigenvalue weighted by atomic mass is 9.91. The van der Waals surface area contributed by atoms with Gasteiger partial charge in [-0.25, -0.2) is 0 Å². The van der Waals surface area contributed by atoms with Crippen LogP contribution in [0, 0.1) is 12.8 Å². The maximum Gasteiger partial charge on any atom is 0.127 e. The number of hydrogen-bond donors (Lipinski definition) is 1. The Kier molecular flexibility index (Phi) is 3.61. The van der Waals surface area contributed by atoms with E-state index < -0.39 is 0 Å². The second kappa shape index (κ2) is 5.26. The molecule has 1 aromatic carbocycles. The maximum atomic E-state index is 5.87. The van der Waals surface area contributed by atoms with Crippen LogP contribution in [0.15, 0.2) is 6.07 Å². The summed E-state index contributed by atoms with van der Waals surface area (Å²) in [6.45, 7) is 4.70. The summed E-state index contributed by atoms with van der Waals surface area (Å²) in [5.41, 5.74) is 9.69. The topological polar surface area (TPSA) is 47.7 Å². The molecule has 0 amide bonds. The van der Waals surface area contributed by atoms with E-state index in [-0.39, 0.29) is 0 Å². The zero-order valence-corrected chi connectivity index (χ0v) is 12.6. The van der Waals surface area contributed by atoms with Gasteiger partial charge < -0.3 is 15.2 Å². The van der Waals surface area contributed by atoms with Crippen LogP contribution in [0.25, 0.3) is 0 Å². The first kappa shape index (κ1) is 13.7. The van der Waals surface area contributed by atoms with Gasteiger partial charge in [0, 0.05) is 30.1 Å². The molecule has 2 unspecified atom stereocenters. The highest BCUT2D eigenvalue weighted by atomic mass is 16.5. The Hall–Kier alpha value is -1.26. The molecule has 2 aliphatic heterocycles. The molecule has 1 saturated heterocycles. The molecular formula is C16H24N2O2. The van der Waals surface area contributed by atoms with Gasteiger partial charge in [-0.3, -0.25) is 4.90 Å². The quantitative estimate of drug-likeness (QED) is 0.916. The van der Waals surface area contributed by atoms with E-state index in [1.54, 1.807) is 7.11 Å². The Morgan fingerprint density at radius 1 is 1.50 bits per heavy atom. The van der Waals surface area contributed by atoms with E-state index in [9.17, 15) is 0 Å². The lowest BCUT2D eigenvalue weighted by Crippen LogP contribution is -2.21. The summed E-state index contributed by atoms with van der Waals surface area (Å²) in [5.74, 6) is 2.65. The molecule has 4 heteroatoms. The summed E-state index contributed by atoms with van der Waals surface area (Å²) in [7, 11) is 3.95. The number of hydrogen-bond acceptors (Lipinski definition) is 4. The fourth-order valence-corrected chi connectivity index (χ4v) is 3.72. The van der Waals surface area contributed by atoms with Crippen LogP contribution in [-0.4, -0.2) is 38.8 Å². The van der Waals surface area contributed by atoms with Crippen molar-refractivity contribution < 1.29 is 9.47 Å². The Bertz CT molecular complexity index is 512. The minimum Gasteiger partial charge on any atom is -0.496 e. The Labute approximate surface area is 120 Å². The molecule has 4 nitrogen and oxygen atoms in total. The molecule has 1 fully saturated rings. The molecular weight excluding hydrogens is 252 g/mol. The SMILES string of the molecule is COc1c(C)cc2c(c1C1CC(CN)CN1C)CCO2. The van der Waals surface area contributed by atoms with Crippen LogP contribution >= 0.6 is 0 Å². The predicted octanol–water partition coefficient (Wildman–Crippen LogP) is 1.89. The number of rotatable bonds is 3. The van der Waals surface area contributed by atoms with E-state index >= 15 is 0 Å². The first-order valence-electron chi connectivity index (χ1n) is 7.39. The third-order valence-corrected chi connectivity index (χ3v) is 4.69. The summed E-state index contributed by atoms with van der Waals surface area (Å²) < 4.78 is 11.5. The van der Waals surface area contributed by atoms with Gasteiger partial charge >= 0.3 is 0 Å². The summed E-state index contributed by atoms with van der Waals surface area (Å²) >= 11 is 0. The van der Waals surface area contributed by atoms with Crippen LogP contribution in [0.3, 0.4) is 0 Å². The zero-order valence-electron chi connectivity index (χ0n) is 12.6. The van der Waals surface area contributed by atoms with Crippen LogP contribution in [0.4, 0.5) is 0 Å². The fourth-order valence-electron chi connectivity index (χ4n) is 3.72. The van der Waals surface area contributed by atoms with Crippen molar-refractivity contribution in [3.05, 3.63) is 22.8 Å². The largest absolute Gasteiger partial charge is 0.496 e. The van der Waals surface area contributed by atoms with Crippen LogP contribution in [0.2, 0.25) is 0 Å². The van der Waals surface area contributed by atoms with Crippen molar-refractivity contribution in [2.75, 3.05) is 33.9 Å². The molecule has 2 atom stereocenters. The first-order valence-corrected chi connectivity index (χ1v) is 7.39. The number of methoxy groups -OCH3 is 1. The molecule has 2 aliphatic rings. The third kappa shape index (κ3) is 2.07. The number of likely N-dealkylation sites (tertiary alicyclic amines) is 1. The van der Waals surface area contributed by atoms with Gasteiger partial charge in [-0.05, 0) is 44.5 Å². The number of nitrogens with zero attached hydrogens (tertiary/aromatic N) is 1. The molecule has 0 spiro atoms. The summed E-state index contributed by atoms with van der Waals surface area (Å²) in [5, 5.41) is 0. The third-order valence-electron chi connectivity index (χ3n) is 4.69. The maximum absolute atomic E-state index is 5.87. The number of aryl methyl sites for hydroxylation is 1. The minimum absolute atomic E-state index is 0.397. The highest BCUT2D eigenvalue weighted by Gasteiger charge is 2.35. The van der Waals surface area contributed by atoms with Gasteiger partial charge in [0.25, 0.3) is 0 Å². The molecule has 2 N–H and O–H groups in total. The van der Waals surface area contributed by atoms with Crippen LogP contribution in [0.1, 0.15) is 29.2 Å². The summed E-state index contributed by atoms with van der Waals surface area (Å²) in [6, 6.07) is 2.51. The van der Waals surface area contributed by atoms with Crippen molar-refractivity contribution in [3.63, 3.8) is 0 Å². The standard InChI is InChI=1S/C16H24N2O2/c1-10-6-14-12(4-5-20-14)15(16(10)19-3)13-7-11(8-17)9-18(13)2/h6,11,13H,4-5,7-9,17H2,1-3H3. The smallest absolute Gasteiger partial charge is 0.127 e. The van der Waals surface area contributed by atoms with Gasteiger partial charge in [0.05, 0.1) is 13.7 Å². The van der Waals surface area contributed by atoms with Crippen LogP contribution in [0.5, 0.6) is 11.5 Å². The van der Waals surface area contributed by atoms with Crippen molar-refractivity contribution in [3.8, 4) is 11.5 Å². The Morgan fingerprint density at radius 3 is 2.95 bits per heavy atom. The molecule has 0 aliphatic carbocycles. The van der Waals surface area contributed by atoms with Crippen molar-refractivity contribution in [2.24, 2.45) is 11.7 Å². The van der Waals surface area contributed by atoms with E-state index in [0.29, 0.717) is 12.0 Å². The number of ether oxygens (including phenoxy) is 2. The van der Waals surface area contributed by atoms with Crippen molar-refractivity contribution >= 4 is 0 Å². The average Bonchev–Trinajstić information content (AvgIpc) is 3.03. The van der Waals surface area contributed by atoms with Crippen molar-refractivity contribution in [2.45, 2.75) is 25.8 Å². The predicted molar refractivity (Wildman–Crippen MR) is 79.5 cm³/mol. The minimum atomic E-state index is 0.397. The van der Waals surface area contributed by atoms with Gasteiger partial charge in [0.15, 0.2) is 0 Å². The molecule has 1 aromatic rings. The first-order chi connectivity index (χ1) is 9.65. The van der Waals surface area contributed by atoms with Crippen LogP contribution in [-0.2, 0) is 6.42 Å². The molecule has 0 radical (unpaired) electrons. The van der Waals surface area contributed by atoms with Gasteiger partial charge in [0.2, 0.25) is 0 Å². The molecule has 20 heavy (non-hydrogen) atoms. The second-order valence-electron chi connectivity index (χ2n) is 6.01. The Balaban J connectivity index is 2.08. The highest BCUT2D eigenvalue weighted by Crippen LogP contribution is 2.46. The highest BCUT2D eigenvalue weighted by molar-refractivity contribution is 5.56. The van der Waals surface area contributed by atoms with Gasteiger partial charge in [-0.15, -0.1) is 0 Å². The summed E-state index contributed by atoms with van der Waals surface area (Å²) in [6.07, 6.45) is 2.10. The number of nitrogens with two attached hydrogens (primary N) is 1. The number of benzene rings is 1. The van der Waals surface area contributed by atoms with Crippen molar-refractivity contribution in [1.29, 1.82) is 0 Å².